The summed E-state index contributed by atoms with van der Waals surface area (Å²) in [5.41, 5.74) is 1.06. The van der Waals surface area contributed by atoms with E-state index in [4.69, 9.17) is 4.74 Å². The molecular formula is C16H19FN4O2S. The van der Waals surface area contributed by atoms with Crippen molar-refractivity contribution in [1.29, 1.82) is 0 Å². The third-order valence-electron chi connectivity index (χ3n) is 4.66. The topological polar surface area (TPSA) is 58.6 Å². The fourth-order valence-electron chi connectivity index (χ4n) is 3.46. The largest absolute Gasteiger partial charge is 0.378 e. The maximum absolute atomic E-state index is 14.2. The van der Waals surface area contributed by atoms with E-state index in [0.717, 1.165) is 15.8 Å². The molecule has 2 aromatic heterocycles. The standard InChI is InChI=1S/C16H19FN4O2S/c1-10-8-24-15-13(10)14(18-9-19-15)21-7-11(17)6-12(21)16(22)20-2-4-23-5-3-20/h8-9,11-12H,2-7H2,1H3/t11-,12+/m1/s1. The molecule has 6 nitrogen and oxygen atoms in total. The van der Waals surface area contributed by atoms with Gasteiger partial charge in [-0.1, -0.05) is 0 Å². The van der Waals surface area contributed by atoms with Gasteiger partial charge in [0.1, 0.15) is 29.2 Å². The molecule has 2 aliphatic heterocycles. The molecule has 24 heavy (non-hydrogen) atoms. The van der Waals surface area contributed by atoms with E-state index in [9.17, 15) is 9.18 Å². The number of hydrogen-bond donors (Lipinski definition) is 0. The number of thiophene rings is 1. The SMILES string of the molecule is Cc1csc2ncnc(N3C[C@H](F)C[C@H]3C(=O)N3CCOCC3)c12. The normalized spacial score (nSPS) is 24.8. The molecule has 0 saturated carbocycles. The van der Waals surface area contributed by atoms with Gasteiger partial charge in [0.2, 0.25) is 5.91 Å². The van der Waals surface area contributed by atoms with E-state index in [1.54, 1.807) is 16.2 Å². The molecule has 2 aliphatic rings. The zero-order valence-corrected chi connectivity index (χ0v) is 14.3. The lowest BCUT2D eigenvalue weighted by Crippen LogP contribution is -2.50. The van der Waals surface area contributed by atoms with E-state index in [2.05, 4.69) is 9.97 Å². The number of halogens is 1. The monoisotopic (exact) mass is 350 g/mol. The highest BCUT2D eigenvalue weighted by Crippen LogP contribution is 2.35. The van der Waals surface area contributed by atoms with E-state index in [0.29, 0.717) is 32.1 Å². The van der Waals surface area contributed by atoms with Crippen LogP contribution in [-0.4, -0.2) is 65.8 Å². The van der Waals surface area contributed by atoms with Gasteiger partial charge in [0, 0.05) is 19.5 Å². The molecule has 2 fully saturated rings. The van der Waals surface area contributed by atoms with Crippen LogP contribution >= 0.6 is 11.3 Å². The van der Waals surface area contributed by atoms with E-state index in [-0.39, 0.29) is 18.9 Å². The molecule has 1 amide bonds. The number of fused-ring (bicyclic) bond motifs is 1. The number of alkyl halides is 1. The van der Waals surface area contributed by atoms with Crippen LogP contribution in [0, 0.1) is 6.92 Å². The first-order valence-electron chi connectivity index (χ1n) is 8.11. The van der Waals surface area contributed by atoms with Crippen LogP contribution in [0.25, 0.3) is 10.2 Å². The quantitative estimate of drug-likeness (QED) is 0.826. The second-order valence-electron chi connectivity index (χ2n) is 6.23. The van der Waals surface area contributed by atoms with Gasteiger partial charge < -0.3 is 14.5 Å². The fraction of sp³-hybridized carbons (Fsp3) is 0.562. The van der Waals surface area contributed by atoms with Gasteiger partial charge in [-0.25, -0.2) is 14.4 Å². The summed E-state index contributed by atoms with van der Waals surface area (Å²) in [5, 5.41) is 2.95. The lowest BCUT2D eigenvalue weighted by atomic mass is 10.1. The molecule has 0 N–H and O–H groups in total. The van der Waals surface area contributed by atoms with Crippen LogP contribution in [0.3, 0.4) is 0 Å². The predicted molar refractivity (Wildman–Crippen MR) is 90.2 cm³/mol. The van der Waals surface area contributed by atoms with Gasteiger partial charge >= 0.3 is 0 Å². The van der Waals surface area contributed by atoms with E-state index < -0.39 is 12.2 Å². The lowest BCUT2D eigenvalue weighted by molar-refractivity contribution is -0.136. The molecule has 0 spiro atoms. The van der Waals surface area contributed by atoms with Gasteiger partial charge in [0.05, 0.1) is 25.1 Å². The highest BCUT2D eigenvalue weighted by atomic mass is 32.1. The Kier molecular flexibility index (Phi) is 4.09. The molecule has 2 atom stereocenters. The molecule has 8 heteroatoms. The summed E-state index contributed by atoms with van der Waals surface area (Å²) in [6.45, 7) is 4.40. The van der Waals surface area contributed by atoms with Crippen molar-refractivity contribution in [3.05, 3.63) is 17.3 Å². The van der Waals surface area contributed by atoms with Crippen molar-refractivity contribution in [1.82, 2.24) is 14.9 Å². The Balaban J connectivity index is 1.69. The number of carbonyl (C=O) groups is 1. The zero-order valence-electron chi connectivity index (χ0n) is 13.4. The summed E-state index contributed by atoms with van der Waals surface area (Å²) < 4.78 is 19.5. The molecule has 0 radical (unpaired) electrons. The molecule has 4 heterocycles. The number of rotatable bonds is 2. The Morgan fingerprint density at radius 3 is 2.96 bits per heavy atom. The number of aryl methyl sites for hydroxylation is 1. The Hall–Kier alpha value is -1.80. The van der Waals surface area contributed by atoms with Gasteiger partial charge in [-0.3, -0.25) is 4.79 Å². The maximum atomic E-state index is 14.2. The van der Waals surface area contributed by atoms with Gasteiger partial charge in [0.25, 0.3) is 0 Å². The van der Waals surface area contributed by atoms with Crippen LogP contribution in [-0.2, 0) is 9.53 Å². The van der Waals surface area contributed by atoms with Crippen LogP contribution < -0.4 is 4.90 Å². The highest BCUT2D eigenvalue weighted by Gasteiger charge is 2.40. The number of carbonyl (C=O) groups excluding carboxylic acids is 1. The molecule has 0 bridgehead atoms. The van der Waals surface area contributed by atoms with Crippen molar-refractivity contribution >= 4 is 33.3 Å². The van der Waals surface area contributed by atoms with Crippen molar-refractivity contribution < 1.29 is 13.9 Å². The molecule has 2 aromatic rings. The van der Waals surface area contributed by atoms with Crippen molar-refractivity contribution in [2.45, 2.75) is 25.6 Å². The van der Waals surface area contributed by atoms with Crippen LogP contribution in [0.4, 0.5) is 10.2 Å². The minimum absolute atomic E-state index is 0.0295. The third-order valence-corrected chi connectivity index (χ3v) is 5.67. The van der Waals surface area contributed by atoms with Crippen LogP contribution in [0.5, 0.6) is 0 Å². The Morgan fingerprint density at radius 2 is 2.17 bits per heavy atom. The molecule has 2 saturated heterocycles. The summed E-state index contributed by atoms with van der Waals surface area (Å²) >= 11 is 1.54. The summed E-state index contributed by atoms with van der Waals surface area (Å²) in [4.78, 5) is 26.1. The smallest absolute Gasteiger partial charge is 0.245 e. The van der Waals surface area contributed by atoms with E-state index >= 15 is 0 Å². The van der Waals surface area contributed by atoms with Gasteiger partial charge in [-0.15, -0.1) is 11.3 Å². The summed E-state index contributed by atoms with van der Waals surface area (Å²) in [6.07, 6.45) is 0.685. The molecular weight excluding hydrogens is 331 g/mol. The van der Waals surface area contributed by atoms with Crippen molar-refractivity contribution in [2.75, 3.05) is 37.7 Å². The first-order valence-corrected chi connectivity index (χ1v) is 8.99. The van der Waals surface area contributed by atoms with Crippen LogP contribution in [0.1, 0.15) is 12.0 Å². The molecule has 0 unspecified atom stereocenters. The summed E-state index contributed by atoms with van der Waals surface area (Å²) in [6, 6.07) is -0.504. The number of anilines is 1. The Morgan fingerprint density at radius 1 is 1.38 bits per heavy atom. The second kappa shape index (κ2) is 6.25. The second-order valence-corrected chi connectivity index (χ2v) is 7.09. The Labute approximate surface area is 143 Å². The molecule has 0 aromatic carbocycles. The number of morpholine rings is 1. The molecule has 128 valence electrons. The Bertz CT molecular complexity index is 762. The number of aromatic nitrogens is 2. The summed E-state index contributed by atoms with van der Waals surface area (Å²) in [5.74, 6) is 0.642. The minimum Gasteiger partial charge on any atom is -0.378 e. The van der Waals surface area contributed by atoms with E-state index in [1.165, 1.54) is 6.33 Å². The molecule has 4 rings (SSSR count). The lowest BCUT2D eigenvalue weighted by Gasteiger charge is -2.33. The number of ether oxygens (including phenoxy) is 1. The van der Waals surface area contributed by atoms with E-state index in [1.807, 2.05) is 17.2 Å². The number of amides is 1. The summed E-state index contributed by atoms with van der Waals surface area (Å²) in [7, 11) is 0. The van der Waals surface area contributed by atoms with Gasteiger partial charge in [-0.05, 0) is 17.9 Å². The first-order chi connectivity index (χ1) is 11.6. The van der Waals surface area contributed by atoms with Crippen LogP contribution in [0.15, 0.2) is 11.7 Å². The van der Waals surface area contributed by atoms with Crippen molar-refractivity contribution in [3.63, 3.8) is 0 Å². The van der Waals surface area contributed by atoms with Crippen molar-refractivity contribution in [3.8, 4) is 0 Å². The number of nitrogens with zero attached hydrogens (tertiary/aromatic N) is 4. The highest BCUT2D eigenvalue weighted by molar-refractivity contribution is 7.17. The third kappa shape index (κ3) is 2.63. The van der Waals surface area contributed by atoms with Crippen molar-refractivity contribution in [2.24, 2.45) is 0 Å². The fourth-order valence-corrected chi connectivity index (χ4v) is 4.35. The number of hydrogen-bond acceptors (Lipinski definition) is 6. The first kappa shape index (κ1) is 15.7. The minimum atomic E-state index is -1.02. The average molecular weight is 350 g/mol. The van der Waals surface area contributed by atoms with Crippen LogP contribution in [0.2, 0.25) is 0 Å². The molecule has 0 aliphatic carbocycles. The van der Waals surface area contributed by atoms with Gasteiger partial charge in [0.15, 0.2) is 0 Å². The average Bonchev–Trinajstić information content (AvgIpc) is 3.18. The predicted octanol–water partition coefficient (Wildman–Crippen LogP) is 1.78. The zero-order chi connectivity index (χ0) is 16.7. The maximum Gasteiger partial charge on any atom is 0.245 e. The van der Waals surface area contributed by atoms with Gasteiger partial charge in [-0.2, -0.15) is 0 Å².